The van der Waals surface area contributed by atoms with Crippen LogP contribution in [0, 0.1) is 6.92 Å². The SMILES string of the molecule is Cc1cc(Br)ccc1NC(=O)CN(C)C(C)C. The average molecular weight is 299 g/mol. The van der Waals surface area contributed by atoms with Gasteiger partial charge in [0, 0.05) is 16.2 Å². The zero-order valence-corrected chi connectivity index (χ0v) is 12.3. The van der Waals surface area contributed by atoms with Crippen molar-refractivity contribution in [3.05, 3.63) is 28.2 Å². The summed E-state index contributed by atoms with van der Waals surface area (Å²) in [7, 11) is 1.94. The monoisotopic (exact) mass is 298 g/mol. The number of halogens is 1. The number of aryl methyl sites for hydroxylation is 1. The van der Waals surface area contributed by atoms with Crippen molar-refractivity contribution < 1.29 is 4.79 Å². The maximum atomic E-state index is 11.8. The quantitative estimate of drug-likeness (QED) is 0.927. The molecule has 17 heavy (non-hydrogen) atoms. The van der Waals surface area contributed by atoms with Crippen molar-refractivity contribution in [2.24, 2.45) is 0 Å². The lowest BCUT2D eigenvalue weighted by Crippen LogP contribution is -2.34. The minimum absolute atomic E-state index is 0.0200. The third-order valence-electron chi connectivity index (χ3n) is 2.74. The summed E-state index contributed by atoms with van der Waals surface area (Å²) in [5.41, 5.74) is 1.93. The molecule has 0 saturated heterocycles. The van der Waals surface area contributed by atoms with E-state index < -0.39 is 0 Å². The molecule has 0 heterocycles. The molecule has 0 radical (unpaired) electrons. The molecule has 1 aromatic rings. The maximum absolute atomic E-state index is 11.8. The van der Waals surface area contributed by atoms with Crippen LogP contribution in [0.2, 0.25) is 0 Å². The van der Waals surface area contributed by atoms with Gasteiger partial charge in [-0.1, -0.05) is 15.9 Å². The first-order chi connectivity index (χ1) is 7.90. The number of carbonyl (C=O) groups excluding carboxylic acids is 1. The van der Waals surface area contributed by atoms with Gasteiger partial charge in [-0.2, -0.15) is 0 Å². The second kappa shape index (κ2) is 6.17. The van der Waals surface area contributed by atoms with E-state index in [9.17, 15) is 4.79 Å². The Hall–Kier alpha value is -0.870. The standard InChI is InChI=1S/C13H19BrN2O/c1-9(2)16(4)8-13(17)15-12-6-5-11(14)7-10(12)3/h5-7,9H,8H2,1-4H3,(H,15,17). The molecule has 0 aliphatic carbocycles. The van der Waals surface area contributed by atoms with Gasteiger partial charge in [0.25, 0.3) is 0 Å². The van der Waals surface area contributed by atoms with E-state index in [4.69, 9.17) is 0 Å². The van der Waals surface area contributed by atoms with Crippen LogP contribution in [-0.2, 0) is 4.79 Å². The molecule has 0 aliphatic heterocycles. The van der Waals surface area contributed by atoms with Gasteiger partial charge in [0.15, 0.2) is 0 Å². The topological polar surface area (TPSA) is 32.3 Å². The fourth-order valence-electron chi connectivity index (χ4n) is 1.37. The predicted octanol–water partition coefficient (Wildman–Crippen LogP) is 3.04. The Morgan fingerprint density at radius 2 is 2.12 bits per heavy atom. The van der Waals surface area contributed by atoms with Crippen LogP contribution in [0.5, 0.6) is 0 Å². The summed E-state index contributed by atoms with van der Waals surface area (Å²) in [6, 6.07) is 6.19. The largest absolute Gasteiger partial charge is 0.325 e. The van der Waals surface area contributed by atoms with E-state index >= 15 is 0 Å². The molecule has 0 aliphatic rings. The second-order valence-electron chi connectivity index (χ2n) is 4.52. The summed E-state index contributed by atoms with van der Waals surface area (Å²) in [5, 5.41) is 2.92. The summed E-state index contributed by atoms with van der Waals surface area (Å²) in [4.78, 5) is 13.8. The van der Waals surface area contributed by atoms with Crippen molar-refractivity contribution in [3.63, 3.8) is 0 Å². The molecule has 1 aromatic carbocycles. The van der Waals surface area contributed by atoms with E-state index in [0.717, 1.165) is 15.7 Å². The molecule has 0 saturated carbocycles. The van der Waals surface area contributed by atoms with Gasteiger partial charge < -0.3 is 5.32 Å². The number of benzene rings is 1. The minimum Gasteiger partial charge on any atom is -0.325 e. The Morgan fingerprint density at radius 1 is 1.47 bits per heavy atom. The van der Waals surface area contributed by atoms with Gasteiger partial charge in [-0.05, 0) is 51.6 Å². The van der Waals surface area contributed by atoms with Crippen LogP contribution < -0.4 is 5.32 Å². The van der Waals surface area contributed by atoms with E-state index in [0.29, 0.717) is 12.6 Å². The van der Waals surface area contributed by atoms with E-state index in [2.05, 4.69) is 35.1 Å². The number of nitrogens with zero attached hydrogens (tertiary/aromatic N) is 1. The molecule has 0 aromatic heterocycles. The highest BCUT2D eigenvalue weighted by Crippen LogP contribution is 2.19. The van der Waals surface area contributed by atoms with Crippen molar-refractivity contribution in [1.29, 1.82) is 0 Å². The number of anilines is 1. The third-order valence-corrected chi connectivity index (χ3v) is 3.23. The number of hydrogen-bond acceptors (Lipinski definition) is 2. The number of rotatable bonds is 4. The number of nitrogens with one attached hydrogen (secondary N) is 1. The van der Waals surface area contributed by atoms with Gasteiger partial charge >= 0.3 is 0 Å². The van der Waals surface area contributed by atoms with Crippen LogP contribution in [-0.4, -0.2) is 30.4 Å². The average Bonchev–Trinajstić information content (AvgIpc) is 2.22. The fraction of sp³-hybridized carbons (Fsp3) is 0.462. The van der Waals surface area contributed by atoms with Crippen LogP contribution in [0.25, 0.3) is 0 Å². The first kappa shape index (κ1) is 14.2. The summed E-state index contributed by atoms with van der Waals surface area (Å²) < 4.78 is 1.02. The van der Waals surface area contributed by atoms with Crippen molar-refractivity contribution in [1.82, 2.24) is 4.90 Å². The molecular weight excluding hydrogens is 280 g/mol. The van der Waals surface area contributed by atoms with Crippen molar-refractivity contribution in [2.45, 2.75) is 26.8 Å². The number of carbonyl (C=O) groups is 1. The summed E-state index contributed by atoms with van der Waals surface area (Å²) in [6.07, 6.45) is 0. The van der Waals surface area contributed by atoms with E-state index in [1.807, 2.05) is 37.1 Å². The lowest BCUT2D eigenvalue weighted by molar-refractivity contribution is -0.117. The smallest absolute Gasteiger partial charge is 0.238 e. The zero-order chi connectivity index (χ0) is 13.0. The van der Waals surface area contributed by atoms with Gasteiger partial charge in [-0.15, -0.1) is 0 Å². The lowest BCUT2D eigenvalue weighted by Gasteiger charge is -2.20. The molecule has 0 unspecified atom stereocenters. The second-order valence-corrected chi connectivity index (χ2v) is 5.43. The van der Waals surface area contributed by atoms with Gasteiger partial charge in [0.1, 0.15) is 0 Å². The van der Waals surface area contributed by atoms with Gasteiger partial charge in [-0.25, -0.2) is 0 Å². The zero-order valence-electron chi connectivity index (χ0n) is 10.7. The van der Waals surface area contributed by atoms with Crippen molar-refractivity contribution >= 4 is 27.5 Å². The number of amides is 1. The molecule has 1 rings (SSSR count). The van der Waals surface area contributed by atoms with Crippen LogP contribution in [0.15, 0.2) is 22.7 Å². The van der Waals surface area contributed by atoms with Crippen LogP contribution in [0.1, 0.15) is 19.4 Å². The summed E-state index contributed by atoms with van der Waals surface area (Å²) in [5.74, 6) is 0.0200. The molecule has 0 atom stereocenters. The van der Waals surface area contributed by atoms with E-state index in [-0.39, 0.29) is 5.91 Å². The summed E-state index contributed by atoms with van der Waals surface area (Å²) in [6.45, 7) is 6.52. The molecule has 0 bridgehead atoms. The Labute approximate surface area is 111 Å². The van der Waals surface area contributed by atoms with E-state index in [1.165, 1.54) is 0 Å². The highest BCUT2D eigenvalue weighted by atomic mass is 79.9. The highest BCUT2D eigenvalue weighted by Gasteiger charge is 2.10. The minimum atomic E-state index is 0.0200. The molecule has 3 nitrogen and oxygen atoms in total. The van der Waals surface area contributed by atoms with Gasteiger partial charge in [0.05, 0.1) is 6.54 Å². The van der Waals surface area contributed by atoms with Crippen molar-refractivity contribution in [3.8, 4) is 0 Å². The van der Waals surface area contributed by atoms with Crippen molar-refractivity contribution in [2.75, 3.05) is 18.9 Å². The molecule has 4 heteroatoms. The molecule has 1 amide bonds. The van der Waals surface area contributed by atoms with Crippen LogP contribution in [0.4, 0.5) is 5.69 Å². The first-order valence-electron chi connectivity index (χ1n) is 5.66. The lowest BCUT2D eigenvalue weighted by atomic mass is 10.2. The Balaban J connectivity index is 2.62. The molecule has 94 valence electrons. The van der Waals surface area contributed by atoms with Gasteiger partial charge in [-0.3, -0.25) is 9.69 Å². The molecule has 0 fully saturated rings. The normalized spacial score (nSPS) is 11.0. The van der Waals surface area contributed by atoms with Crippen LogP contribution in [0.3, 0.4) is 0 Å². The molecule has 0 spiro atoms. The Kier molecular flexibility index (Phi) is 5.15. The number of hydrogen-bond donors (Lipinski definition) is 1. The molecular formula is C13H19BrN2O. The Bertz CT molecular complexity index is 404. The fourth-order valence-corrected chi connectivity index (χ4v) is 1.84. The van der Waals surface area contributed by atoms with E-state index in [1.54, 1.807) is 0 Å². The van der Waals surface area contributed by atoms with Gasteiger partial charge in [0.2, 0.25) is 5.91 Å². The highest BCUT2D eigenvalue weighted by molar-refractivity contribution is 9.10. The maximum Gasteiger partial charge on any atom is 0.238 e. The Morgan fingerprint density at radius 3 is 2.65 bits per heavy atom. The first-order valence-corrected chi connectivity index (χ1v) is 6.45. The predicted molar refractivity (Wildman–Crippen MR) is 75.3 cm³/mol. The third kappa shape index (κ3) is 4.48. The number of likely N-dealkylation sites (N-methyl/N-ethyl adjacent to an activating group) is 1. The van der Waals surface area contributed by atoms with Crippen LogP contribution >= 0.6 is 15.9 Å². The molecule has 1 N–H and O–H groups in total. The summed E-state index contributed by atoms with van der Waals surface area (Å²) >= 11 is 3.40.